The summed E-state index contributed by atoms with van der Waals surface area (Å²) in [6.45, 7) is 7.98. The first-order valence-corrected chi connectivity index (χ1v) is 8.34. The molecule has 23 heavy (non-hydrogen) atoms. The number of carbonyl (C=O) groups is 1. The molecule has 1 aromatic carbocycles. The lowest BCUT2D eigenvalue weighted by Crippen LogP contribution is -2.63. The maximum Gasteiger partial charge on any atom is 0.407 e. The molecule has 2 heterocycles. The number of fused-ring (bicyclic) bond motifs is 3. The molecular weight excluding hydrogens is 316 g/mol. The molecule has 0 aromatic heterocycles. The van der Waals surface area contributed by atoms with Crippen LogP contribution in [0.25, 0.3) is 0 Å². The highest BCUT2D eigenvalue weighted by molar-refractivity contribution is 6.32. The van der Waals surface area contributed by atoms with Crippen LogP contribution in [0, 0.1) is 5.41 Å². The number of para-hydroxylation sites is 1. The lowest BCUT2D eigenvalue weighted by Gasteiger charge is -2.51. The van der Waals surface area contributed by atoms with E-state index in [4.69, 9.17) is 16.3 Å². The standard InChI is InChI=1S/C17H23ClN2O3/c1-17(2,3)14-10-19(16(21)22)9-11-7-8-23-15-12(18)5-4-6-13(15)20(11)14/h4-6,11,14H,7-10H2,1-3H3,(H,21,22)/t11-,14?/m0/s1. The second-order valence-corrected chi connectivity index (χ2v) is 7.76. The third-order valence-electron chi connectivity index (χ3n) is 4.75. The van der Waals surface area contributed by atoms with Gasteiger partial charge in [-0.2, -0.15) is 0 Å². The number of halogens is 1. The maximum absolute atomic E-state index is 11.5. The van der Waals surface area contributed by atoms with Gasteiger partial charge in [0.1, 0.15) is 0 Å². The fourth-order valence-electron chi connectivity index (χ4n) is 3.55. The Hall–Kier alpha value is -1.62. The molecule has 0 bridgehead atoms. The predicted octanol–water partition coefficient (Wildman–Crippen LogP) is 3.71. The SMILES string of the molecule is CC(C)(C)C1CN(C(=O)O)C[C@@H]2CCOc3c(Cl)cccc3N12. The zero-order valence-electron chi connectivity index (χ0n) is 13.8. The van der Waals surface area contributed by atoms with Crippen LogP contribution < -0.4 is 9.64 Å². The summed E-state index contributed by atoms with van der Waals surface area (Å²) in [5.74, 6) is 0.717. The molecular formula is C17H23ClN2O3. The number of hydrogen-bond donors (Lipinski definition) is 1. The van der Waals surface area contributed by atoms with Gasteiger partial charge < -0.3 is 19.6 Å². The number of carboxylic acid groups (broad SMARTS) is 1. The Balaban J connectivity index is 2.08. The molecule has 3 rings (SSSR count). The van der Waals surface area contributed by atoms with Crippen molar-refractivity contribution >= 4 is 23.4 Å². The first kappa shape index (κ1) is 16.2. The summed E-state index contributed by atoms with van der Waals surface area (Å²) in [4.78, 5) is 15.4. The highest BCUT2D eigenvalue weighted by atomic mass is 35.5. The molecule has 1 unspecified atom stereocenters. The lowest BCUT2D eigenvalue weighted by molar-refractivity contribution is 0.103. The number of amides is 1. The molecule has 1 saturated heterocycles. The van der Waals surface area contributed by atoms with Gasteiger partial charge in [0.25, 0.3) is 0 Å². The Morgan fingerprint density at radius 2 is 2.09 bits per heavy atom. The average molecular weight is 339 g/mol. The van der Waals surface area contributed by atoms with E-state index in [0.29, 0.717) is 24.7 Å². The predicted molar refractivity (Wildman–Crippen MR) is 90.7 cm³/mol. The second-order valence-electron chi connectivity index (χ2n) is 7.36. The Labute approximate surface area is 141 Å². The van der Waals surface area contributed by atoms with Crippen LogP contribution in [0.15, 0.2) is 18.2 Å². The van der Waals surface area contributed by atoms with Gasteiger partial charge in [0, 0.05) is 19.5 Å². The molecule has 2 aliphatic heterocycles. The van der Waals surface area contributed by atoms with Gasteiger partial charge in [0.05, 0.1) is 29.4 Å². The molecule has 0 aliphatic carbocycles. The number of anilines is 1. The summed E-state index contributed by atoms with van der Waals surface area (Å²) >= 11 is 6.33. The van der Waals surface area contributed by atoms with Crippen molar-refractivity contribution in [1.82, 2.24) is 4.90 Å². The van der Waals surface area contributed by atoms with E-state index in [9.17, 15) is 9.90 Å². The maximum atomic E-state index is 11.5. The normalized spacial score (nSPS) is 24.3. The molecule has 0 spiro atoms. The molecule has 2 aliphatic rings. The van der Waals surface area contributed by atoms with Gasteiger partial charge in [-0.15, -0.1) is 0 Å². The van der Waals surface area contributed by atoms with Crippen molar-refractivity contribution in [3.05, 3.63) is 23.2 Å². The van der Waals surface area contributed by atoms with Gasteiger partial charge in [-0.1, -0.05) is 38.4 Å². The summed E-state index contributed by atoms with van der Waals surface area (Å²) in [5.41, 5.74) is 0.904. The van der Waals surface area contributed by atoms with Crippen molar-refractivity contribution in [2.24, 2.45) is 5.41 Å². The third kappa shape index (κ3) is 2.94. The first-order chi connectivity index (χ1) is 10.8. The minimum Gasteiger partial charge on any atom is -0.490 e. The molecule has 6 heteroatoms. The number of benzene rings is 1. The molecule has 126 valence electrons. The van der Waals surface area contributed by atoms with Gasteiger partial charge in [-0.05, 0) is 17.5 Å². The van der Waals surface area contributed by atoms with E-state index in [1.54, 1.807) is 0 Å². The number of hydrogen-bond acceptors (Lipinski definition) is 3. The van der Waals surface area contributed by atoms with Gasteiger partial charge in [0.2, 0.25) is 0 Å². The summed E-state index contributed by atoms with van der Waals surface area (Å²) < 4.78 is 5.89. The van der Waals surface area contributed by atoms with Gasteiger partial charge in [0.15, 0.2) is 5.75 Å². The highest BCUT2D eigenvalue weighted by Crippen LogP contribution is 2.44. The van der Waals surface area contributed by atoms with Crippen molar-refractivity contribution < 1.29 is 14.6 Å². The van der Waals surface area contributed by atoms with Gasteiger partial charge >= 0.3 is 6.09 Å². The van der Waals surface area contributed by atoms with Crippen LogP contribution >= 0.6 is 11.6 Å². The van der Waals surface area contributed by atoms with Crippen LogP contribution in [0.5, 0.6) is 5.75 Å². The topological polar surface area (TPSA) is 53.0 Å². The van der Waals surface area contributed by atoms with Crippen molar-refractivity contribution in [3.8, 4) is 5.75 Å². The number of rotatable bonds is 0. The lowest BCUT2D eigenvalue weighted by atomic mass is 9.82. The van der Waals surface area contributed by atoms with Crippen LogP contribution in [0.4, 0.5) is 10.5 Å². The quantitative estimate of drug-likeness (QED) is 0.783. The van der Waals surface area contributed by atoms with E-state index < -0.39 is 6.09 Å². The van der Waals surface area contributed by atoms with Gasteiger partial charge in [-0.25, -0.2) is 4.79 Å². The Morgan fingerprint density at radius 1 is 1.35 bits per heavy atom. The van der Waals surface area contributed by atoms with E-state index in [-0.39, 0.29) is 17.5 Å². The molecule has 1 aromatic rings. The second kappa shape index (κ2) is 5.78. The zero-order valence-corrected chi connectivity index (χ0v) is 14.5. The summed E-state index contributed by atoms with van der Waals surface area (Å²) in [6.07, 6.45) is -0.0724. The van der Waals surface area contributed by atoms with E-state index in [0.717, 1.165) is 17.9 Å². The molecule has 5 nitrogen and oxygen atoms in total. The molecule has 2 atom stereocenters. The minimum atomic E-state index is -0.851. The van der Waals surface area contributed by atoms with Crippen LogP contribution in [0.3, 0.4) is 0 Å². The number of piperazine rings is 1. The van der Waals surface area contributed by atoms with Crippen molar-refractivity contribution in [2.75, 3.05) is 24.6 Å². The highest BCUT2D eigenvalue weighted by Gasteiger charge is 2.43. The van der Waals surface area contributed by atoms with Crippen molar-refractivity contribution in [2.45, 2.75) is 39.3 Å². The van der Waals surface area contributed by atoms with E-state index in [1.807, 2.05) is 18.2 Å². The Morgan fingerprint density at radius 3 is 2.74 bits per heavy atom. The molecule has 1 amide bonds. The average Bonchev–Trinajstić information content (AvgIpc) is 2.65. The number of nitrogens with zero attached hydrogens (tertiary/aromatic N) is 2. The van der Waals surface area contributed by atoms with Crippen molar-refractivity contribution in [3.63, 3.8) is 0 Å². The largest absolute Gasteiger partial charge is 0.490 e. The molecule has 1 fully saturated rings. The van der Waals surface area contributed by atoms with Gasteiger partial charge in [-0.3, -0.25) is 0 Å². The summed E-state index contributed by atoms with van der Waals surface area (Å²) in [5, 5.41) is 10.1. The summed E-state index contributed by atoms with van der Waals surface area (Å²) in [6, 6.07) is 5.95. The van der Waals surface area contributed by atoms with E-state index in [2.05, 4.69) is 25.7 Å². The molecule has 1 N–H and O–H groups in total. The molecule has 0 saturated carbocycles. The van der Waals surface area contributed by atoms with Crippen molar-refractivity contribution in [1.29, 1.82) is 0 Å². The zero-order chi connectivity index (χ0) is 16.8. The van der Waals surface area contributed by atoms with E-state index >= 15 is 0 Å². The molecule has 0 radical (unpaired) electrons. The van der Waals surface area contributed by atoms with Crippen LogP contribution in [-0.2, 0) is 0 Å². The first-order valence-electron chi connectivity index (χ1n) is 7.96. The Kier molecular flexibility index (Phi) is 4.08. The fourth-order valence-corrected chi connectivity index (χ4v) is 3.78. The Bertz CT molecular complexity index is 614. The van der Waals surface area contributed by atoms with Crippen LogP contribution in [0.2, 0.25) is 5.02 Å². The smallest absolute Gasteiger partial charge is 0.407 e. The monoisotopic (exact) mass is 338 g/mol. The van der Waals surface area contributed by atoms with Crippen LogP contribution in [0.1, 0.15) is 27.2 Å². The van der Waals surface area contributed by atoms with E-state index in [1.165, 1.54) is 4.90 Å². The fraction of sp³-hybridized carbons (Fsp3) is 0.588. The third-order valence-corrected chi connectivity index (χ3v) is 5.04. The number of ether oxygens (including phenoxy) is 1. The summed E-state index contributed by atoms with van der Waals surface area (Å²) in [7, 11) is 0. The minimum absolute atomic E-state index is 0.0660. The van der Waals surface area contributed by atoms with Crippen LogP contribution in [-0.4, -0.2) is 47.9 Å².